The maximum Gasteiger partial charge on any atom is 0.253 e. The molecule has 1 atom stereocenters. The van der Waals surface area contributed by atoms with E-state index in [1.165, 1.54) is 0 Å². The fraction of sp³-hybridized carbons (Fsp3) is 0.350. The molecule has 0 saturated carbocycles. The van der Waals surface area contributed by atoms with E-state index >= 15 is 0 Å². The van der Waals surface area contributed by atoms with Crippen LogP contribution in [0.2, 0.25) is 0 Å². The Kier molecular flexibility index (Phi) is 5.24. The van der Waals surface area contributed by atoms with E-state index in [4.69, 9.17) is 5.73 Å². The van der Waals surface area contributed by atoms with E-state index in [-0.39, 0.29) is 10.8 Å². The van der Waals surface area contributed by atoms with Crippen molar-refractivity contribution in [3.63, 3.8) is 0 Å². The first-order valence-corrected chi connectivity index (χ1v) is 10.3. The first-order valence-electron chi connectivity index (χ1n) is 8.80. The molecule has 1 fully saturated rings. The van der Waals surface area contributed by atoms with Crippen molar-refractivity contribution in [1.82, 2.24) is 14.8 Å². The van der Waals surface area contributed by atoms with Crippen LogP contribution >= 0.6 is 0 Å². The standard InChI is InChI=1S/C20H24N4O2S/c1-15-9-10-16(19(21)22-15)11-12-17-13-14-24(20(17,2)3)23-27(25,26)18-7-5-4-6-8-18/h4-10,17,23H,13-14H2,1-3H3,(H2,21,22). The molecule has 0 amide bonds. The third-order valence-corrected chi connectivity index (χ3v) is 6.27. The van der Waals surface area contributed by atoms with Crippen LogP contribution in [0.3, 0.4) is 0 Å². The number of nitrogens with zero attached hydrogens (tertiary/aromatic N) is 2. The molecular formula is C20H24N4O2S. The van der Waals surface area contributed by atoms with Gasteiger partial charge in [-0.3, -0.25) is 0 Å². The molecule has 1 aliphatic heterocycles. The van der Waals surface area contributed by atoms with Crippen molar-refractivity contribution in [1.29, 1.82) is 0 Å². The number of rotatable bonds is 3. The molecule has 1 aliphatic rings. The third kappa shape index (κ3) is 4.14. The zero-order valence-electron chi connectivity index (χ0n) is 15.7. The molecule has 1 aromatic carbocycles. The molecule has 27 heavy (non-hydrogen) atoms. The number of benzene rings is 1. The van der Waals surface area contributed by atoms with Gasteiger partial charge >= 0.3 is 0 Å². The zero-order valence-corrected chi connectivity index (χ0v) is 16.5. The van der Waals surface area contributed by atoms with Gasteiger partial charge in [0.05, 0.1) is 10.5 Å². The van der Waals surface area contributed by atoms with E-state index in [1.807, 2.05) is 32.9 Å². The molecule has 3 rings (SSSR count). The highest BCUT2D eigenvalue weighted by Crippen LogP contribution is 2.33. The van der Waals surface area contributed by atoms with Crippen LogP contribution in [0.1, 0.15) is 31.5 Å². The van der Waals surface area contributed by atoms with Gasteiger partial charge in [-0.05, 0) is 51.5 Å². The number of hydrogen-bond donors (Lipinski definition) is 2. The summed E-state index contributed by atoms with van der Waals surface area (Å²) in [7, 11) is -3.62. The summed E-state index contributed by atoms with van der Waals surface area (Å²) >= 11 is 0. The van der Waals surface area contributed by atoms with E-state index in [0.717, 1.165) is 12.1 Å². The van der Waals surface area contributed by atoms with Crippen molar-refractivity contribution < 1.29 is 8.42 Å². The predicted molar refractivity (Wildman–Crippen MR) is 106 cm³/mol. The summed E-state index contributed by atoms with van der Waals surface area (Å²) < 4.78 is 25.2. The number of nitrogen functional groups attached to an aromatic ring is 1. The average molecular weight is 385 g/mol. The second-order valence-electron chi connectivity index (χ2n) is 7.21. The van der Waals surface area contributed by atoms with Gasteiger partial charge in [0.15, 0.2) is 0 Å². The van der Waals surface area contributed by atoms with Gasteiger partial charge in [0.1, 0.15) is 5.82 Å². The molecule has 142 valence electrons. The van der Waals surface area contributed by atoms with Crippen molar-refractivity contribution in [3.8, 4) is 11.8 Å². The molecule has 0 aliphatic carbocycles. The molecule has 1 saturated heterocycles. The number of aromatic nitrogens is 1. The minimum absolute atomic E-state index is 0.00308. The van der Waals surface area contributed by atoms with E-state index in [1.54, 1.807) is 35.3 Å². The Balaban J connectivity index is 1.78. The summed E-state index contributed by atoms with van der Waals surface area (Å²) in [6.07, 6.45) is 0.760. The van der Waals surface area contributed by atoms with Crippen LogP contribution in [0.5, 0.6) is 0 Å². The van der Waals surface area contributed by atoms with Crippen LogP contribution in [0, 0.1) is 24.7 Å². The quantitative estimate of drug-likeness (QED) is 0.793. The predicted octanol–water partition coefficient (Wildman–Crippen LogP) is 2.32. The lowest BCUT2D eigenvalue weighted by Crippen LogP contribution is -2.52. The molecule has 2 aromatic rings. The molecular weight excluding hydrogens is 360 g/mol. The van der Waals surface area contributed by atoms with Crippen molar-refractivity contribution in [2.24, 2.45) is 5.92 Å². The largest absolute Gasteiger partial charge is 0.383 e. The number of anilines is 1. The first kappa shape index (κ1) is 19.4. The van der Waals surface area contributed by atoms with E-state index < -0.39 is 15.6 Å². The van der Waals surface area contributed by atoms with Crippen LogP contribution in [0.4, 0.5) is 5.82 Å². The Hall–Kier alpha value is -2.40. The number of nitrogens with two attached hydrogens (primary N) is 1. The van der Waals surface area contributed by atoms with Crippen LogP contribution in [-0.2, 0) is 10.0 Å². The van der Waals surface area contributed by atoms with E-state index in [2.05, 4.69) is 21.7 Å². The molecule has 3 N–H and O–H groups in total. The summed E-state index contributed by atoms with van der Waals surface area (Å²) in [5, 5.41) is 1.76. The Morgan fingerprint density at radius 1 is 1.22 bits per heavy atom. The molecule has 0 bridgehead atoms. The van der Waals surface area contributed by atoms with Gasteiger partial charge in [-0.1, -0.05) is 30.0 Å². The highest BCUT2D eigenvalue weighted by atomic mass is 32.2. The van der Waals surface area contributed by atoms with Gasteiger partial charge < -0.3 is 5.73 Å². The summed E-state index contributed by atoms with van der Waals surface area (Å²) in [6, 6.07) is 12.1. The van der Waals surface area contributed by atoms with Crippen molar-refractivity contribution >= 4 is 15.8 Å². The minimum Gasteiger partial charge on any atom is -0.383 e. The van der Waals surface area contributed by atoms with Gasteiger partial charge in [0.2, 0.25) is 0 Å². The third-order valence-electron chi connectivity index (χ3n) is 4.92. The molecule has 0 spiro atoms. The lowest BCUT2D eigenvalue weighted by atomic mass is 9.89. The lowest BCUT2D eigenvalue weighted by molar-refractivity contribution is 0.130. The summed E-state index contributed by atoms with van der Waals surface area (Å²) in [4.78, 5) is 7.18. The summed E-state index contributed by atoms with van der Waals surface area (Å²) in [6.45, 7) is 6.44. The fourth-order valence-corrected chi connectivity index (χ4v) is 4.38. The van der Waals surface area contributed by atoms with E-state index in [9.17, 15) is 8.42 Å². The number of hydrazine groups is 1. The Bertz CT molecular complexity index is 992. The summed E-state index contributed by atoms with van der Waals surface area (Å²) in [5.41, 5.74) is 7.02. The fourth-order valence-electron chi connectivity index (χ4n) is 3.14. The topological polar surface area (TPSA) is 88.3 Å². The number of pyridine rings is 1. The van der Waals surface area contributed by atoms with Crippen LogP contribution < -0.4 is 10.6 Å². The number of aryl methyl sites for hydroxylation is 1. The maximum atomic E-state index is 12.6. The lowest BCUT2D eigenvalue weighted by Gasteiger charge is -2.33. The molecule has 1 aromatic heterocycles. The summed E-state index contributed by atoms with van der Waals surface area (Å²) in [5.74, 6) is 6.78. The van der Waals surface area contributed by atoms with Gasteiger partial charge in [0.25, 0.3) is 10.0 Å². The van der Waals surface area contributed by atoms with Crippen LogP contribution in [0.15, 0.2) is 47.4 Å². The molecule has 0 radical (unpaired) electrons. The molecule has 2 heterocycles. The highest BCUT2D eigenvalue weighted by Gasteiger charge is 2.42. The number of nitrogens with one attached hydrogen (secondary N) is 1. The number of sulfonamides is 1. The van der Waals surface area contributed by atoms with Crippen LogP contribution in [0.25, 0.3) is 0 Å². The Labute approximate surface area is 160 Å². The SMILES string of the molecule is Cc1ccc(C#CC2CCN(NS(=O)(=O)c3ccccc3)C2(C)C)c(N)n1. The van der Waals surface area contributed by atoms with Crippen molar-refractivity contribution in [3.05, 3.63) is 53.7 Å². The second-order valence-corrected chi connectivity index (χ2v) is 8.87. The van der Waals surface area contributed by atoms with Crippen molar-refractivity contribution in [2.75, 3.05) is 12.3 Å². The van der Waals surface area contributed by atoms with Gasteiger partial charge in [-0.25, -0.2) is 18.4 Å². The highest BCUT2D eigenvalue weighted by molar-refractivity contribution is 7.89. The molecule has 6 nitrogen and oxygen atoms in total. The maximum absolute atomic E-state index is 12.6. The minimum atomic E-state index is -3.62. The first-order chi connectivity index (χ1) is 12.7. The molecule has 7 heteroatoms. The Morgan fingerprint density at radius 3 is 2.59 bits per heavy atom. The van der Waals surface area contributed by atoms with E-state index in [0.29, 0.717) is 17.9 Å². The van der Waals surface area contributed by atoms with Gasteiger partial charge in [-0.15, -0.1) is 4.83 Å². The molecule has 1 unspecified atom stereocenters. The monoisotopic (exact) mass is 384 g/mol. The van der Waals surface area contributed by atoms with Crippen molar-refractivity contribution in [2.45, 2.75) is 37.6 Å². The Morgan fingerprint density at radius 2 is 1.93 bits per heavy atom. The average Bonchev–Trinajstić information content (AvgIpc) is 2.89. The van der Waals surface area contributed by atoms with Crippen LogP contribution in [-0.4, -0.2) is 30.5 Å². The normalized spacial score (nSPS) is 19.4. The van der Waals surface area contributed by atoms with Gasteiger partial charge in [0, 0.05) is 23.7 Å². The zero-order chi connectivity index (χ0) is 19.7. The number of hydrogen-bond acceptors (Lipinski definition) is 5. The second kappa shape index (κ2) is 7.31. The smallest absolute Gasteiger partial charge is 0.253 e. The van der Waals surface area contributed by atoms with Gasteiger partial charge in [-0.2, -0.15) is 0 Å².